The van der Waals surface area contributed by atoms with Gasteiger partial charge in [0.05, 0.1) is 11.4 Å². The van der Waals surface area contributed by atoms with Crippen LogP contribution in [-0.2, 0) is 0 Å². The molecule has 0 aliphatic heterocycles. The third kappa shape index (κ3) is 5.99. The smallest absolute Gasteiger partial charge is 0.0888 e. The molecule has 0 amide bonds. The zero-order valence-electron chi connectivity index (χ0n) is 27.3. The van der Waals surface area contributed by atoms with Gasteiger partial charge >= 0.3 is 0 Å². The van der Waals surface area contributed by atoms with Crippen molar-refractivity contribution in [1.29, 1.82) is 0 Å². The Morgan fingerprint density at radius 2 is 1.58 bits per heavy atom. The molecule has 2 aromatic carbocycles. The van der Waals surface area contributed by atoms with Gasteiger partial charge in [0.2, 0.25) is 0 Å². The van der Waals surface area contributed by atoms with Gasteiger partial charge in [0.25, 0.3) is 0 Å². The number of rotatable bonds is 7. The van der Waals surface area contributed by atoms with Gasteiger partial charge in [-0.25, -0.2) is 0 Å². The molecule has 0 aromatic heterocycles. The topological polar surface area (TPSA) is 6.48 Å². The van der Waals surface area contributed by atoms with Crippen molar-refractivity contribution in [1.82, 2.24) is 4.90 Å². The molecule has 6 aliphatic rings. The van der Waals surface area contributed by atoms with Gasteiger partial charge in [-0.1, -0.05) is 127 Å². The molecular formula is C46H40N2. The molecule has 0 saturated carbocycles. The van der Waals surface area contributed by atoms with Crippen LogP contribution in [0.2, 0.25) is 0 Å². The Morgan fingerprint density at radius 1 is 0.646 bits per heavy atom. The first kappa shape index (κ1) is 29.8. The van der Waals surface area contributed by atoms with Gasteiger partial charge in [-0.2, -0.15) is 0 Å². The molecule has 0 fully saturated rings. The van der Waals surface area contributed by atoms with Crippen LogP contribution in [0.5, 0.6) is 0 Å². The monoisotopic (exact) mass is 620 g/mol. The van der Waals surface area contributed by atoms with Crippen molar-refractivity contribution >= 4 is 16.5 Å². The van der Waals surface area contributed by atoms with Crippen LogP contribution in [0.3, 0.4) is 0 Å². The van der Waals surface area contributed by atoms with E-state index in [-0.39, 0.29) is 5.92 Å². The second-order valence-corrected chi connectivity index (χ2v) is 12.8. The summed E-state index contributed by atoms with van der Waals surface area (Å²) < 4.78 is 0. The SMILES string of the molecule is C1=CC=C(C2C=CC(N(C3=CC=CCC=C3)C3=C4C=CC=C[C@@H]4CC=C3)=CC2)C=CC=1N(C1=CC=CCC1)c1cccc2ccccc12. The molecule has 2 nitrogen and oxygen atoms in total. The average molecular weight is 621 g/mol. The fourth-order valence-electron chi connectivity index (χ4n) is 7.37. The number of hydrogen-bond donors (Lipinski definition) is 0. The van der Waals surface area contributed by atoms with Gasteiger partial charge in [0.1, 0.15) is 0 Å². The zero-order valence-corrected chi connectivity index (χ0v) is 27.3. The highest BCUT2D eigenvalue weighted by Crippen LogP contribution is 2.39. The Morgan fingerprint density at radius 3 is 2.50 bits per heavy atom. The van der Waals surface area contributed by atoms with Gasteiger partial charge in [-0.15, -0.1) is 0 Å². The molecule has 8 rings (SSSR count). The predicted octanol–water partition coefficient (Wildman–Crippen LogP) is 11.5. The number of nitrogens with zero attached hydrogens (tertiary/aromatic N) is 2. The molecule has 0 bridgehead atoms. The molecule has 0 saturated heterocycles. The molecule has 0 N–H and O–H groups in total. The highest BCUT2D eigenvalue weighted by Gasteiger charge is 2.26. The molecular weight excluding hydrogens is 581 g/mol. The standard InChI is InChI=1S/C46H40N2/c1-2-5-21-40(20-4-1)48(46-28-14-19-38-16-9-11-26-44(38)46)42-33-30-36(31-34-42)35-17-12-24-41(32-29-35)47(39-22-6-3-7-23-39)45-27-13-18-37-15-8-10-25-43(37)45/h1,3-6,8-18,20-22,25-30,32-34,36,38H,2,7,19,23,31H2/t36?,38-/m1/s1. The van der Waals surface area contributed by atoms with Crippen molar-refractivity contribution in [3.8, 4) is 0 Å². The van der Waals surface area contributed by atoms with E-state index in [2.05, 4.69) is 186 Å². The molecule has 2 aromatic rings. The molecule has 6 aliphatic carbocycles. The lowest BCUT2D eigenvalue weighted by atomic mass is 9.85. The van der Waals surface area contributed by atoms with E-state index in [0.29, 0.717) is 5.92 Å². The van der Waals surface area contributed by atoms with E-state index in [9.17, 15) is 0 Å². The fraction of sp³-hybridized carbons (Fsp3) is 0.152. The molecule has 2 atom stereocenters. The van der Waals surface area contributed by atoms with E-state index in [1.54, 1.807) is 0 Å². The molecule has 2 heteroatoms. The van der Waals surface area contributed by atoms with Gasteiger partial charge in [-0.3, -0.25) is 0 Å². The second kappa shape index (κ2) is 13.7. The van der Waals surface area contributed by atoms with Gasteiger partial charge < -0.3 is 9.80 Å². The number of allylic oxidation sites excluding steroid dienone is 23. The molecule has 48 heavy (non-hydrogen) atoms. The number of anilines is 1. The highest BCUT2D eigenvalue weighted by molar-refractivity contribution is 5.96. The first-order valence-electron chi connectivity index (χ1n) is 17.3. The Labute approximate surface area is 284 Å². The predicted molar refractivity (Wildman–Crippen MR) is 202 cm³/mol. The van der Waals surface area contributed by atoms with Crippen LogP contribution in [-0.4, -0.2) is 4.90 Å². The Kier molecular flexibility index (Phi) is 8.48. The largest absolute Gasteiger partial charge is 0.311 e. The maximum Gasteiger partial charge on any atom is 0.0888 e. The summed E-state index contributed by atoms with van der Waals surface area (Å²) in [6.07, 6.45) is 52.5. The number of hydrogen-bond acceptors (Lipinski definition) is 2. The molecule has 0 radical (unpaired) electrons. The van der Waals surface area contributed by atoms with E-state index in [1.807, 2.05) is 0 Å². The lowest BCUT2D eigenvalue weighted by Gasteiger charge is -2.35. The highest BCUT2D eigenvalue weighted by atomic mass is 15.2. The summed E-state index contributed by atoms with van der Waals surface area (Å²) >= 11 is 0. The Bertz CT molecular complexity index is 2090. The van der Waals surface area contributed by atoms with Crippen LogP contribution in [0.4, 0.5) is 5.69 Å². The molecule has 234 valence electrons. The summed E-state index contributed by atoms with van der Waals surface area (Å²) in [4.78, 5) is 4.85. The van der Waals surface area contributed by atoms with Gasteiger partial charge in [0.15, 0.2) is 0 Å². The van der Waals surface area contributed by atoms with Crippen LogP contribution in [0.25, 0.3) is 10.8 Å². The van der Waals surface area contributed by atoms with Crippen LogP contribution in [0.15, 0.2) is 215 Å². The van der Waals surface area contributed by atoms with Crippen molar-refractivity contribution in [2.24, 2.45) is 11.8 Å². The maximum absolute atomic E-state index is 3.65. The Hall–Kier alpha value is -5.56. The summed E-state index contributed by atoms with van der Waals surface area (Å²) in [7, 11) is 0. The van der Waals surface area contributed by atoms with E-state index in [0.717, 1.165) is 37.8 Å². The van der Waals surface area contributed by atoms with E-state index in [4.69, 9.17) is 0 Å². The van der Waals surface area contributed by atoms with Crippen LogP contribution >= 0.6 is 0 Å². The van der Waals surface area contributed by atoms with Gasteiger partial charge in [-0.05, 0) is 97.2 Å². The van der Waals surface area contributed by atoms with E-state index in [1.165, 1.54) is 50.4 Å². The minimum absolute atomic E-state index is 0.287. The summed E-state index contributed by atoms with van der Waals surface area (Å²) in [6, 6.07) is 15.3. The lowest BCUT2D eigenvalue weighted by Crippen LogP contribution is -2.25. The fourth-order valence-corrected chi connectivity index (χ4v) is 7.37. The molecule has 0 spiro atoms. The van der Waals surface area contributed by atoms with Crippen LogP contribution < -0.4 is 4.90 Å². The van der Waals surface area contributed by atoms with Crippen molar-refractivity contribution in [2.75, 3.05) is 4.90 Å². The van der Waals surface area contributed by atoms with Crippen molar-refractivity contribution in [3.63, 3.8) is 0 Å². The molecule has 0 heterocycles. The molecule has 1 unspecified atom stereocenters. The maximum atomic E-state index is 3.65. The lowest BCUT2D eigenvalue weighted by molar-refractivity contribution is 0.542. The van der Waals surface area contributed by atoms with Crippen LogP contribution in [0, 0.1) is 11.8 Å². The quantitative estimate of drug-likeness (QED) is 0.284. The second-order valence-electron chi connectivity index (χ2n) is 12.8. The van der Waals surface area contributed by atoms with E-state index >= 15 is 0 Å². The van der Waals surface area contributed by atoms with Crippen molar-refractivity contribution < 1.29 is 0 Å². The Balaban J connectivity index is 1.08. The first-order chi connectivity index (χ1) is 23.8. The number of benzene rings is 2. The first-order valence-corrected chi connectivity index (χ1v) is 17.3. The summed E-state index contributed by atoms with van der Waals surface area (Å²) in [5.74, 6) is 0.711. The van der Waals surface area contributed by atoms with Crippen molar-refractivity contribution in [2.45, 2.75) is 32.1 Å². The normalized spacial score (nSPS) is 22.5. The minimum atomic E-state index is 0.287. The average Bonchev–Trinajstić information content (AvgIpc) is 3.57. The third-order valence-corrected chi connectivity index (χ3v) is 9.79. The zero-order chi connectivity index (χ0) is 32.1. The number of fused-ring (bicyclic) bond motifs is 2. The summed E-state index contributed by atoms with van der Waals surface area (Å²) in [5, 5.41) is 2.49. The minimum Gasteiger partial charge on any atom is -0.311 e. The van der Waals surface area contributed by atoms with Crippen LogP contribution in [0.1, 0.15) is 32.1 Å². The van der Waals surface area contributed by atoms with E-state index < -0.39 is 0 Å². The third-order valence-electron chi connectivity index (χ3n) is 9.79. The summed E-state index contributed by atoms with van der Waals surface area (Å²) in [6.45, 7) is 0. The van der Waals surface area contributed by atoms with Crippen molar-refractivity contribution in [3.05, 3.63) is 215 Å². The summed E-state index contributed by atoms with van der Waals surface area (Å²) in [5.41, 5.74) is 13.6. The van der Waals surface area contributed by atoms with Gasteiger partial charge in [0, 0.05) is 40.0 Å².